The second-order valence-corrected chi connectivity index (χ2v) is 14.2. The highest BCUT2D eigenvalue weighted by molar-refractivity contribution is 5.61. The number of benzene rings is 2. The van der Waals surface area contributed by atoms with Gasteiger partial charge in [0.25, 0.3) is 0 Å². The SMILES string of the molecule is C=CCCCCC(F)=C(F)c1cc(F)c(C2CCC(C=CC3CCC(C(F)(F)OC4CCC(c5cc(F)c(F)c(F)c5)CC4)CC3)OC2)c(F)c1. The molecule has 1 saturated heterocycles. The van der Waals surface area contributed by atoms with E-state index in [9.17, 15) is 30.7 Å². The summed E-state index contributed by atoms with van der Waals surface area (Å²) in [5, 5.41) is 0. The standard InChI is InChI=1S/C40H45F9O2/c1-2-3-4-5-6-32(41)38(46)28-21-33(42)37(34(43)22-28)26-12-16-30(50-23-26)15-9-24-7-13-29(14-8-24)40(48,49)51-31-17-10-25(11-18-31)27-19-35(44)39(47)36(45)20-27/h2,9,15,19-22,24-26,29-31H,1,3-8,10-14,16-18,23H2. The van der Waals surface area contributed by atoms with E-state index in [1.54, 1.807) is 6.08 Å². The number of hydrogen-bond acceptors (Lipinski definition) is 2. The van der Waals surface area contributed by atoms with Gasteiger partial charge in [-0.3, -0.25) is 0 Å². The van der Waals surface area contributed by atoms with Crippen LogP contribution in [0.1, 0.15) is 118 Å². The lowest BCUT2D eigenvalue weighted by Crippen LogP contribution is -2.38. The van der Waals surface area contributed by atoms with Gasteiger partial charge in [-0.25, -0.2) is 30.7 Å². The minimum absolute atomic E-state index is 0.0358. The molecule has 2 aliphatic carbocycles. The molecule has 0 bridgehead atoms. The first-order chi connectivity index (χ1) is 24.4. The fourth-order valence-corrected chi connectivity index (χ4v) is 7.66. The van der Waals surface area contributed by atoms with Crippen molar-refractivity contribution in [3.63, 3.8) is 0 Å². The third-order valence-corrected chi connectivity index (χ3v) is 10.7. The van der Waals surface area contributed by atoms with Gasteiger partial charge in [0, 0.05) is 23.5 Å². The van der Waals surface area contributed by atoms with Crippen LogP contribution in [0.3, 0.4) is 0 Å². The maximum Gasteiger partial charge on any atom is 0.358 e. The Bertz CT molecular complexity index is 1500. The van der Waals surface area contributed by atoms with Crippen molar-refractivity contribution in [2.75, 3.05) is 6.61 Å². The van der Waals surface area contributed by atoms with E-state index in [2.05, 4.69) is 6.58 Å². The first kappa shape index (κ1) is 39.2. The van der Waals surface area contributed by atoms with Gasteiger partial charge >= 0.3 is 6.11 Å². The summed E-state index contributed by atoms with van der Waals surface area (Å²) in [5.41, 5.74) is -0.372. The molecule has 0 aromatic heterocycles. The lowest BCUT2D eigenvalue weighted by atomic mass is 9.80. The molecule has 0 amide bonds. The Morgan fingerprint density at radius 2 is 1.39 bits per heavy atom. The molecule has 51 heavy (non-hydrogen) atoms. The van der Waals surface area contributed by atoms with Crippen molar-refractivity contribution in [3.05, 3.63) is 101 Å². The molecule has 2 aromatic carbocycles. The molecule has 2 unspecified atom stereocenters. The number of allylic oxidation sites excluding steroid dienone is 3. The second kappa shape index (κ2) is 17.6. The lowest BCUT2D eigenvalue weighted by molar-refractivity contribution is -0.301. The number of hydrogen-bond donors (Lipinski definition) is 0. The summed E-state index contributed by atoms with van der Waals surface area (Å²) in [6.07, 6.45) is 6.62. The van der Waals surface area contributed by atoms with Gasteiger partial charge in [0.15, 0.2) is 23.3 Å². The summed E-state index contributed by atoms with van der Waals surface area (Å²) in [7, 11) is 0. The van der Waals surface area contributed by atoms with Gasteiger partial charge in [0.1, 0.15) is 17.5 Å². The number of ether oxygens (including phenoxy) is 2. The third kappa shape index (κ3) is 10.1. The predicted molar refractivity (Wildman–Crippen MR) is 178 cm³/mol. The maximum atomic E-state index is 15.2. The van der Waals surface area contributed by atoms with E-state index >= 15 is 8.78 Å². The Balaban J connectivity index is 1.05. The Morgan fingerprint density at radius 1 is 0.765 bits per heavy atom. The Morgan fingerprint density at radius 3 is 1.98 bits per heavy atom. The molecule has 280 valence electrons. The predicted octanol–water partition coefficient (Wildman–Crippen LogP) is 12.7. The molecular formula is C40H45F9O2. The van der Waals surface area contributed by atoms with Crippen LogP contribution in [0.15, 0.2) is 54.9 Å². The molecule has 2 saturated carbocycles. The minimum atomic E-state index is -3.31. The molecule has 0 spiro atoms. The van der Waals surface area contributed by atoms with Gasteiger partial charge in [-0.1, -0.05) is 18.2 Å². The van der Waals surface area contributed by atoms with Gasteiger partial charge in [0.05, 0.1) is 24.7 Å². The molecule has 3 aliphatic rings. The Kier molecular flexibility index (Phi) is 13.6. The van der Waals surface area contributed by atoms with Crippen molar-refractivity contribution in [1.82, 2.24) is 0 Å². The van der Waals surface area contributed by atoms with Crippen molar-refractivity contribution in [2.45, 2.75) is 120 Å². The fraction of sp³-hybridized carbons (Fsp3) is 0.550. The molecule has 2 aromatic rings. The molecule has 11 heteroatoms. The quantitative estimate of drug-likeness (QED) is 0.0885. The van der Waals surface area contributed by atoms with Crippen molar-refractivity contribution >= 4 is 5.83 Å². The van der Waals surface area contributed by atoms with Crippen LogP contribution in [0, 0.1) is 40.9 Å². The summed E-state index contributed by atoms with van der Waals surface area (Å²) in [5.74, 6) is -10.0. The molecular weight excluding hydrogens is 683 g/mol. The fourth-order valence-electron chi connectivity index (χ4n) is 7.66. The van der Waals surface area contributed by atoms with E-state index in [0.717, 1.165) is 24.3 Å². The second-order valence-electron chi connectivity index (χ2n) is 14.2. The van der Waals surface area contributed by atoms with E-state index in [1.807, 2.05) is 12.2 Å². The van der Waals surface area contributed by atoms with Gasteiger partial charge in [-0.05, 0) is 125 Å². The number of alkyl halides is 2. The Hall–Kier alpha value is -3.05. The smallest absolute Gasteiger partial charge is 0.358 e. The van der Waals surface area contributed by atoms with Crippen molar-refractivity contribution in [2.24, 2.45) is 11.8 Å². The number of rotatable bonds is 13. The van der Waals surface area contributed by atoms with Crippen LogP contribution in [0.2, 0.25) is 0 Å². The van der Waals surface area contributed by atoms with E-state index in [4.69, 9.17) is 9.47 Å². The van der Waals surface area contributed by atoms with Crippen LogP contribution in [-0.4, -0.2) is 24.9 Å². The molecule has 1 heterocycles. The highest BCUT2D eigenvalue weighted by atomic mass is 19.3. The van der Waals surface area contributed by atoms with Gasteiger partial charge < -0.3 is 9.47 Å². The first-order valence-electron chi connectivity index (χ1n) is 18.0. The first-order valence-corrected chi connectivity index (χ1v) is 18.0. The summed E-state index contributed by atoms with van der Waals surface area (Å²) in [4.78, 5) is 0. The number of unbranched alkanes of at least 4 members (excludes halogenated alkanes) is 2. The molecule has 1 aliphatic heterocycles. The van der Waals surface area contributed by atoms with Gasteiger partial charge in [-0.15, -0.1) is 6.58 Å². The number of halogens is 9. The molecule has 2 nitrogen and oxygen atoms in total. The van der Waals surface area contributed by atoms with Crippen LogP contribution in [0.5, 0.6) is 0 Å². The van der Waals surface area contributed by atoms with Gasteiger partial charge in [-0.2, -0.15) is 8.78 Å². The molecule has 5 rings (SSSR count). The molecule has 0 radical (unpaired) electrons. The maximum absolute atomic E-state index is 15.2. The summed E-state index contributed by atoms with van der Waals surface area (Å²) in [6.45, 7) is 3.61. The average Bonchev–Trinajstić information content (AvgIpc) is 3.11. The topological polar surface area (TPSA) is 18.5 Å². The zero-order valence-electron chi connectivity index (χ0n) is 28.5. The largest absolute Gasteiger partial charge is 0.374 e. The van der Waals surface area contributed by atoms with E-state index in [-0.39, 0.29) is 49.4 Å². The Labute approximate surface area is 293 Å². The molecule has 2 atom stereocenters. The van der Waals surface area contributed by atoms with E-state index < -0.39 is 70.4 Å². The van der Waals surface area contributed by atoms with Crippen LogP contribution in [-0.2, 0) is 9.47 Å². The highest BCUT2D eigenvalue weighted by Gasteiger charge is 2.45. The van der Waals surface area contributed by atoms with Crippen molar-refractivity contribution in [1.29, 1.82) is 0 Å². The molecule has 0 N–H and O–H groups in total. The van der Waals surface area contributed by atoms with Gasteiger partial charge in [0.2, 0.25) is 0 Å². The highest BCUT2D eigenvalue weighted by Crippen LogP contribution is 2.44. The van der Waals surface area contributed by atoms with Crippen LogP contribution < -0.4 is 0 Å². The lowest BCUT2D eigenvalue weighted by Gasteiger charge is -2.36. The monoisotopic (exact) mass is 728 g/mol. The average molecular weight is 729 g/mol. The third-order valence-electron chi connectivity index (χ3n) is 10.7. The van der Waals surface area contributed by atoms with Crippen LogP contribution in [0.25, 0.3) is 5.83 Å². The van der Waals surface area contributed by atoms with Crippen LogP contribution >= 0.6 is 0 Å². The van der Waals surface area contributed by atoms with Crippen molar-refractivity contribution in [3.8, 4) is 0 Å². The minimum Gasteiger partial charge on any atom is -0.374 e. The van der Waals surface area contributed by atoms with Crippen LogP contribution in [0.4, 0.5) is 39.5 Å². The molecule has 3 fully saturated rings. The van der Waals surface area contributed by atoms with E-state index in [1.165, 1.54) is 0 Å². The summed E-state index contributed by atoms with van der Waals surface area (Å²) in [6, 6.07) is 3.57. The normalized spacial score (nSPS) is 26.7. The summed E-state index contributed by atoms with van der Waals surface area (Å²) >= 11 is 0. The summed E-state index contributed by atoms with van der Waals surface area (Å²) < 4.78 is 141. The zero-order chi connectivity index (χ0) is 36.7. The zero-order valence-corrected chi connectivity index (χ0v) is 28.5. The van der Waals surface area contributed by atoms with E-state index in [0.29, 0.717) is 76.2 Å². The van der Waals surface area contributed by atoms with Crippen molar-refractivity contribution < 1.29 is 49.0 Å².